The number of anilines is 1. The molecule has 0 saturated carbocycles. The lowest BCUT2D eigenvalue weighted by Crippen LogP contribution is -2.37. The summed E-state index contributed by atoms with van der Waals surface area (Å²) in [6.07, 6.45) is 2.87. The van der Waals surface area contributed by atoms with Gasteiger partial charge in [0.05, 0.1) is 11.1 Å². The van der Waals surface area contributed by atoms with Gasteiger partial charge in [0.25, 0.3) is 0 Å². The van der Waals surface area contributed by atoms with Crippen molar-refractivity contribution >= 4 is 46.3 Å². The van der Waals surface area contributed by atoms with Gasteiger partial charge in [0.1, 0.15) is 5.84 Å². The summed E-state index contributed by atoms with van der Waals surface area (Å²) in [6.45, 7) is 6.38. The Morgan fingerprint density at radius 1 is 1.00 bits per heavy atom. The van der Waals surface area contributed by atoms with E-state index in [1.165, 1.54) is 0 Å². The van der Waals surface area contributed by atoms with E-state index in [0.29, 0.717) is 26.8 Å². The third-order valence-corrected chi connectivity index (χ3v) is 6.53. The van der Waals surface area contributed by atoms with Crippen molar-refractivity contribution in [3.63, 3.8) is 0 Å². The molecule has 1 aliphatic rings. The number of hydrogen-bond donors (Lipinski definition) is 0. The monoisotopic (exact) mass is 490 g/mol. The van der Waals surface area contributed by atoms with Gasteiger partial charge in [-0.05, 0) is 55.3 Å². The average Bonchev–Trinajstić information content (AvgIpc) is 3.39. The molecular formula is C24H25Cl3N4O. The molecule has 0 spiro atoms. The first-order valence-electron chi connectivity index (χ1n) is 10.8. The van der Waals surface area contributed by atoms with Crippen LogP contribution < -0.4 is 4.90 Å². The topological polar surface area (TPSA) is 54.5 Å². The highest BCUT2D eigenvalue weighted by Crippen LogP contribution is 2.40. The molecule has 0 fully saturated rings. The lowest BCUT2D eigenvalue weighted by molar-refractivity contribution is 0.375. The molecule has 3 unspecified atom stereocenters. The number of aromatic nitrogens is 2. The van der Waals surface area contributed by atoms with Gasteiger partial charge in [0, 0.05) is 27.2 Å². The van der Waals surface area contributed by atoms with Crippen LogP contribution in [0.15, 0.2) is 51.9 Å². The summed E-state index contributed by atoms with van der Waals surface area (Å²) in [5.41, 5.74) is 1.76. The minimum absolute atomic E-state index is 0.0206. The molecule has 3 atom stereocenters. The van der Waals surface area contributed by atoms with Gasteiger partial charge in [-0.15, -0.1) is 10.2 Å². The van der Waals surface area contributed by atoms with E-state index in [9.17, 15) is 0 Å². The molecular weight excluding hydrogens is 467 g/mol. The Morgan fingerprint density at radius 3 is 2.38 bits per heavy atom. The molecule has 4 rings (SSSR count). The van der Waals surface area contributed by atoms with Crippen molar-refractivity contribution < 1.29 is 4.42 Å². The number of hydrogen-bond acceptors (Lipinski definition) is 5. The fourth-order valence-electron chi connectivity index (χ4n) is 4.11. The molecule has 0 amide bonds. The van der Waals surface area contributed by atoms with Crippen LogP contribution in [0.2, 0.25) is 15.1 Å². The van der Waals surface area contributed by atoms with E-state index >= 15 is 0 Å². The van der Waals surface area contributed by atoms with Crippen molar-refractivity contribution in [2.45, 2.75) is 58.0 Å². The van der Waals surface area contributed by atoms with Crippen molar-refractivity contribution in [2.24, 2.45) is 4.99 Å². The van der Waals surface area contributed by atoms with Gasteiger partial charge in [-0.3, -0.25) is 4.99 Å². The van der Waals surface area contributed by atoms with Crippen LogP contribution in [0, 0.1) is 0 Å². The highest BCUT2D eigenvalue weighted by atomic mass is 35.5. The smallest absolute Gasteiger partial charge is 0.243 e. The number of aliphatic imine (C=N–C) groups is 1. The van der Waals surface area contributed by atoms with Gasteiger partial charge in [-0.25, -0.2) is 0 Å². The normalized spacial score (nSPS) is 19.3. The quantitative estimate of drug-likeness (QED) is 0.339. The largest absolute Gasteiger partial charge is 0.423 e. The van der Waals surface area contributed by atoms with Crippen molar-refractivity contribution in [1.82, 2.24) is 10.2 Å². The second-order valence-corrected chi connectivity index (χ2v) is 9.29. The van der Waals surface area contributed by atoms with E-state index in [4.69, 9.17) is 44.2 Å². The van der Waals surface area contributed by atoms with Gasteiger partial charge < -0.3 is 9.32 Å². The number of rotatable bonds is 7. The molecule has 3 aromatic rings. The Kier molecular flexibility index (Phi) is 7.08. The first-order chi connectivity index (χ1) is 15.4. The highest BCUT2D eigenvalue weighted by molar-refractivity contribution is 6.37. The standard InChI is InChI=1S/C24H25Cl3N4O/c1-4-6-14(3)23-29-30-24(32-23)21-20(5-2)31(17-10-7-15(25)8-11-17)22(28-21)18-12-9-16(26)13-19(18)27/h7-14,20-21H,4-6H2,1-3H3. The summed E-state index contributed by atoms with van der Waals surface area (Å²) >= 11 is 18.9. The van der Waals surface area contributed by atoms with Crippen LogP contribution in [0.3, 0.4) is 0 Å². The average molecular weight is 492 g/mol. The maximum atomic E-state index is 6.59. The van der Waals surface area contributed by atoms with E-state index < -0.39 is 0 Å². The second-order valence-electron chi connectivity index (χ2n) is 8.01. The predicted molar refractivity (Wildman–Crippen MR) is 131 cm³/mol. The Balaban J connectivity index is 1.80. The van der Waals surface area contributed by atoms with Crippen LogP contribution in [0.25, 0.3) is 0 Å². The first-order valence-corrected chi connectivity index (χ1v) is 12.0. The molecule has 168 valence electrons. The van der Waals surface area contributed by atoms with E-state index in [1.54, 1.807) is 6.07 Å². The molecule has 0 aliphatic carbocycles. The Labute approximate surface area is 203 Å². The van der Waals surface area contributed by atoms with Crippen LogP contribution in [-0.4, -0.2) is 22.1 Å². The number of nitrogens with zero attached hydrogens (tertiary/aromatic N) is 4. The first kappa shape index (κ1) is 23.1. The Bertz CT molecular complexity index is 1110. The van der Waals surface area contributed by atoms with Crippen LogP contribution >= 0.6 is 34.8 Å². The van der Waals surface area contributed by atoms with Gasteiger partial charge in [-0.2, -0.15) is 0 Å². The van der Waals surface area contributed by atoms with Crippen molar-refractivity contribution in [3.05, 3.63) is 74.9 Å². The highest BCUT2D eigenvalue weighted by Gasteiger charge is 2.41. The molecule has 0 N–H and O–H groups in total. The molecule has 1 aliphatic heterocycles. The van der Waals surface area contributed by atoms with Crippen molar-refractivity contribution in [2.75, 3.05) is 4.90 Å². The third kappa shape index (κ3) is 4.52. The fraction of sp³-hybridized carbons (Fsp3) is 0.375. The SMILES string of the molecule is CCCC(C)c1nnc(C2N=C(c3ccc(Cl)cc3Cl)N(c3ccc(Cl)cc3)C2CC)o1. The number of amidine groups is 1. The third-order valence-electron chi connectivity index (χ3n) is 5.73. The zero-order valence-electron chi connectivity index (χ0n) is 18.2. The van der Waals surface area contributed by atoms with Crippen molar-refractivity contribution in [3.8, 4) is 0 Å². The summed E-state index contributed by atoms with van der Waals surface area (Å²) in [5, 5.41) is 10.5. The van der Waals surface area contributed by atoms with E-state index in [-0.39, 0.29) is 18.0 Å². The predicted octanol–water partition coefficient (Wildman–Crippen LogP) is 7.72. The van der Waals surface area contributed by atoms with E-state index in [1.807, 2.05) is 36.4 Å². The molecule has 32 heavy (non-hydrogen) atoms. The van der Waals surface area contributed by atoms with Gasteiger partial charge in [0.15, 0.2) is 6.04 Å². The Hall–Kier alpha value is -2.08. The molecule has 8 heteroatoms. The summed E-state index contributed by atoms with van der Waals surface area (Å²) in [4.78, 5) is 7.23. The lowest BCUT2D eigenvalue weighted by Gasteiger charge is -2.29. The van der Waals surface area contributed by atoms with Crippen LogP contribution in [-0.2, 0) is 0 Å². The minimum atomic E-state index is -0.313. The molecule has 0 radical (unpaired) electrons. The molecule has 1 aromatic heterocycles. The minimum Gasteiger partial charge on any atom is -0.423 e. The lowest BCUT2D eigenvalue weighted by atomic mass is 10.0. The summed E-state index contributed by atoms with van der Waals surface area (Å²) in [7, 11) is 0. The van der Waals surface area contributed by atoms with Gasteiger partial charge >= 0.3 is 0 Å². The second kappa shape index (κ2) is 9.82. The fourth-order valence-corrected chi connectivity index (χ4v) is 4.73. The van der Waals surface area contributed by atoms with Gasteiger partial charge in [-0.1, -0.05) is 62.0 Å². The molecule has 2 aromatic carbocycles. The molecule has 5 nitrogen and oxygen atoms in total. The van der Waals surface area contributed by atoms with Gasteiger partial charge in [0.2, 0.25) is 11.8 Å². The maximum Gasteiger partial charge on any atom is 0.243 e. The van der Waals surface area contributed by atoms with E-state index in [2.05, 4.69) is 35.9 Å². The van der Waals surface area contributed by atoms with Crippen LogP contribution in [0.1, 0.15) is 69.3 Å². The van der Waals surface area contributed by atoms with Crippen LogP contribution in [0.4, 0.5) is 5.69 Å². The molecule has 0 saturated heterocycles. The zero-order valence-corrected chi connectivity index (χ0v) is 20.5. The summed E-state index contributed by atoms with van der Waals surface area (Å²) in [5.74, 6) is 2.13. The summed E-state index contributed by atoms with van der Waals surface area (Å²) in [6, 6.07) is 12.8. The van der Waals surface area contributed by atoms with E-state index in [0.717, 1.165) is 36.3 Å². The Morgan fingerprint density at radius 2 is 1.72 bits per heavy atom. The summed E-state index contributed by atoms with van der Waals surface area (Å²) < 4.78 is 6.12. The zero-order chi connectivity index (χ0) is 22.8. The number of benzene rings is 2. The molecule has 2 heterocycles. The number of halogens is 3. The molecule has 0 bridgehead atoms. The van der Waals surface area contributed by atoms with Crippen LogP contribution in [0.5, 0.6) is 0 Å². The maximum absolute atomic E-state index is 6.59. The van der Waals surface area contributed by atoms with Crippen molar-refractivity contribution in [1.29, 1.82) is 0 Å².